The SMILES string of the molecule is CNC(=O)C1CCCN1C(=O)c1n[nH]c2ccccc12. The molecule has 6 nitrogen and oxygen atoms in total. The van der Waals surface area contributed by atoms with E-state index in [-0.39, 0.29) is 17.9 Å². The lowest BCUT2D eigenvalue weighted by Crippen LogP contribution is -2.45. The van der Waals surface area contributed by atoms with Crippen LogP contribution < -0.4 is 5.32 Å². The molecule has 104 valence electrons. The highest BCUT2D eigenvalue weighted by molar-refractivity contribution is 6.06. The van der Waals surface area contributed by atoms with E-state index in [4.69, 9.17) is 0 Å². The third kappa shape index (κ3) is 1.93. The monoisotopic (exact) mass is 272 g/mol. The number of likely N-dealkylation sites (tertiary alicyclic amines) is 1. The van der Waals surface area contributed by atoms with Crippen molar-refractivity contribution in [2.45, 2.75) is 18.9 Å². The number of hydrogen-bond acceptors (Lipinski definition) is 3. The van der Waals surface area contributed by atoms with E-state index in [1.165, 1.54) is 0 Å². The minimum Gasteiger partial charge on any atom is -0.357 e. The van der Waals surface area contributed by atoms with Crippen LogP contribution in [0.2, 0.25) is 0 Å². The smallest absolute Gasteiger partial charge is 0.275 e. The van der Waals surface area contributed by atoms with Crippen molar-refractivity contribution >= 4 is 22.7 Å². The van der Waals surface area contributed by atoms with E-state index in [9.17, 15) is 9.59 Å². The number of fused-ring (bicyclic) bond motifs is 1. The highest BCUT2D eigenvalue weighted by Gasteiger charge is 2.35. The number of aromatic nitrogens is 2. The Bertz CT molecular complexity index is 664. The fourth-order valence-corrected chi connectivity index (χ4v) is 2.71. The van der Waals surface area contributed by atoms with Crippen molar-refractivity contribution in [3.05, 3.63) is 30.0 Å². The van der Waals surface area contributed by atoms with Crippen LogP contribution in [0, 0.1) is 0 Å². The maximum absolute atomic E-state index is 12.6. The Kier molecular flexibility index (Phi) is 3.14. The van der Waals surface area contributed by atoms with Crippen LogP contribution in [-0.4, -0.2) is 46.5 Å². The third-order valence-electron chi connectivity index (χ3n) is 3.74. The molecule has 2 N–H and O–H groups in total. The van der Waals surface area contributed by atoms with Gasteiger partial charge in [-0.3, -0.25) is 14.7 Å². The molecule has 0 spiro atoms. The Labute approximate surface area is 116 Å². The van der Waals surface area contributed by atoms with E-state index in [2.05, 4.69) is 15.5 Å². The molecule has 2 aromatic rings. The van der Waals surface area contributed by atoms with Gasteiger partial charge in [0.2, 0.25) is 5.91 Å². The van der Waals surface area contributed by atoms with E-state index in [1.54, 1.807) is 11.9 Å². The van der Waals surface area contributed by atoms with Crippen molar-refractivity contribution in [1.29, 1.82) is 0 Å². The van der Waals surface area contributed by atoms with E-state index >= 15 is 0 Å². The minimum atomic E-state index is -0.386. The Morgan fingerprint density at radius 1 is 1.40 bits per heavy atom. The topological polar surface area (TPSA) is 78.1 Å². The van der Waals surface area contributed by atoms with Crippen molar-refractivity contribution in [1.82, 2.24) is 20.4 Å². The lowest BCUT2D eigenvalue weighted by molar-refractivity contribution is -0.124. The quantitative estimate of drug-likeness (QED) is 0.853. The summed E-state index contributed by atoms with van der Waals surface area (Å²) in [5.41, 5.74) is 1.21. The van der Waals surface area contributed by atoms with Gasteiger partial charge in [0, 0.05) is 19.0 Å². The maximum atomic E-state index is 12.6. The number of benzene rings is 1. The van der Waals surface area contributed by atoms with Crippen LogP contribution >= 0.6 is 0 Å². The lowest BCUT2D eigenvalue weighted by atomic mass is 10.1. The first-order chi connectivity index (χ1) is 9.72. The standard InChI is InChI=1S/C14H16N4O2/c1-15-13(19)11-7-4-8-18(11)14(20)12-9-5-2-3-6-10(9)16-17-12/h2-3,5-6,11H,4,7-8H2,1H3,(H,15,19)(H,16,17). The zero-order valence-electron chi connectivity index (χ0n) is 11.2. The number of carbonyl (C=O) groups is 2. The Morgan fingerprint density at radius 2 is 2.20 bits per heavy atom. The average Bonchev–Trinajstić information content (AvgIpc) is 3.12. The molecular formula is C14H16N4O2. The molecule has 1 fully saturated rings. The number of rotatable bonds is 2. The van der Waals surface area contributed by atoms with E-state index < -0.39 is 0 Å². The summed E-state index contributed by atoms with van der Waals surface area (Å²) in [6.07, 6.45) is 1.54. The zero-order chi connectivity index (χ0) is 14.1. The number of amides is 2. The number of nitrogens with zero attached hydrogens (tertiary/aromatic N) is 2. The molecule has 1 unspecified atom stereocenters. The number of hydrogen-bond donors (Lipinski definition) is 2. The predicted molar refractivity (Wildman–Crippen MR) is 74.2 cm³/mol. The summed E-state index contributed by atoms with van der Waals surface area (Å²) in [6, 6.07) is 7.10. The van der Waals surface area contributed by atoms with Gasteiger partial charge in [0.1, 0.15) is 6.04 Å². The number of nitrogens with one attached hydrogen (secondary N) is 2. The van der Waals surface area contributed by atoms with Gasteiger partial charge in [0.05, 0.1) is 5.52 Å². The number of likely N-dealkylation sites (N-methyl/N-ethyl adjacent to an activating group) is 1. The minimum absolute atomic E-state index is 0.115. The lowest BCUT2D eigenvalue weighted by Gasteiger charge is -2.22. The van der Waals surface area contributed by atoms with Crippen LogP contribution in [0.4, 0.5) is 0 Å². The van der Waals surface area contributed by atoms with E-state index in [1.807, 2.05) is 24.3 Å². The Hall–Kier alpha value is -2.37. The molecule has 1 saturated heterocycles. The zero-order valence-corrected chi connectivity index (χ0v) is 11.2. The highest BCUT2D eigenvalue weighted by atomic mass is 16.2. The second-order valence-electron chi connectivity index (χ2n) is 4.89. The van der Waals surface area contributed by atoms with Crippen LogP contribution in [-0.2, 0) is 4.79 Å². The molecule has 2 amide bonds. The largest absolute Gasteiger partial charge is 0.357 e. The Balaban J connectivity index is 1.94. The third-order valence-corrected chi connectivity index (χ3v) is 3.74. The summed E-state index contributed by atoms with van der Waals surface area (Å²) < 4.78 is 0. The predicted octanol–water partition coefficient (Wildman–Crippen LogP) is 0.913. The fraction of sp³-hybridized carbons (Fsp3) is 0.357. The summed E-state index contributed by atoms with van der Waals surface area (Å²) in [7, 11) is 1.59. The van der Waals surface area contributed by atoms with Crippen molar-refractivity contribution in [3.8, 4) is 0 Å². The van der Waals surface area contributed by atoms with Crippen LogP contribution in [0.1, 0.15) is 23.3 Å². The molecule has 1 aromatic carbocycles. The summed E-state index contributed by atoms with van der Waals surface area (Å²) >= 11 is 0. The van der Waals surface area contributed by atoms with Crippen molar-refractivity contribution < 1.29 is 9.59 Å². The number of H-pyrrole nitrogens is 1. The molecule has 2 heterocycles. The maximum Gasteiger partial charge on any atom is 0.275 e. The van der Waals surface area contributed by atoms with Gasteiger partial charge >= 0.3 is 0 Å². The molecule has 3 rings (SSSR count). The first-order valence-corrected chi connectivity index (χ1v) is 6.68. The van der Waals surface area contributed by atoms with Gasteiger partial charge in [-0.05, 0) is 18.9 Å². The molecule has 0 bridgehead atoms. The number of carbonyl (C=O) groups excluding carboxylic acids is 2. The van der Waals surface area contributed by atoms with E-state index in [0.717, 1.165) is 17.3 Å². The summed E-state index contributed by atoms with van der Waals surface area (Å²) in [5.74, 6) is -0.302. The average molecular weight is 272 g/mol. The van der Waals surface area contributed by atoms with Crippen LogP contribution in [0.25, 0.3) is 10.9 Å². The molecule has 1 atom stereocenters. The number of aromatic amines is 1. The van der Waals surface area contributed by atoms with Crippen molar-refractivity contribution in [2.24, 2.45) is 0 Å². The highest BCUT2D eigenvalue weighted by Crippen LogP contribution is 2.23. The van der Waals surface area contributed by atoms with Gasteiger partial charge in [-0.1, -0.05) is 18.2 Å². The van der Waals surface area contributed by atoms with E-state index in [0.29, 0.717) is 18.7 Å². The summed E-state index contributed by atoms with van der Waals surface area (Å²) in [6.45, 7) is 0.595. The van der Waals surface area contributed by atoms with Crippen LogP contribution in [0.5, 0.6) is 0 Å². The Morgan fingerprint density at radius 3 is 3.00 bits per heavy atom. The molecule has 0 aliphatic carbocycles. The molecule has 20 heavy (non-hydrogen) atoms. The van der Waals surface area contributed by atoms with Gasteiger partial charge in [0.25, 0.3) is 5.91 Å². The van der Waals surface area contributed by atoms with Crippen LogP contribution in [0.15, 0.2) is 24.3 Å². The van der Waals surface area contributed by atoms with Gasteiger partial charge in [-0.15, -0.1) is 0 Å². The van der Waals surface area contributed by atoms with Crippen LogP contribution in [0.3, 0.4) is 0 Å². The summed E-state index contributed by atoms with van der Waals surface area (Å²) in [4.78, 5) is 26.1. The summed E-state index contributed by atoms with van der Waals surface area (Å²) in [5, 5.41) is 10.4. The molecule has 0 radical (unpaired) electrons. The first-order valence-electron chi connectivity index (χ1n) is 6.68. The number of para-hydroxylation sites is 1. The van der Waals surface area contributed by atoms with Gasteiger partial charge in [-0.2, -0.15) is 5.10 Å². The second kappa shape index (κ2) is 4.96. The first kappa shape index (κ1) is 12.7. The molecule has 6 heteroatoms. The fourth-order valence-electron chi connectivity index (χ4n) is 2.71. The second-order valence-corrected chi connectivity index (χ2v) is 4.89. The van der Waals surface area contributed by atoms with Crippen molar-refractivity contribution in [2.75, 3.05) is 13.6 Å². The van der Waals surface area contributed by atoms with Crippen molar-refractivity contribution in [3.63, 3.8) is 0 Å². The molecule has 1 aromatic heterocycles. The molecule has 1 aliphatic rings. The molecule has 1 aliphatic heterocycles. The van der Waals surface area contributed by atoms with Gasteiger partial charge in [-0.25, -0.2) is 0 Å². The normalized spacial score (nSPS) is 18.4. The molecule has 0 saturated carbocycles. The molecular weight excluding hydrogens is 256 g/mol. The van der Waals surface area contributed by atoms with Gasteiger partial charge < -0.3 is 10.2 Å². The van der Waals surface area contributed by atoms with Gasteiger partial charge in [0.15, 0.2) is 5.69 Å².